The molecule has 2 aromatic carbocycles. The molecular weight excluding hydrogens is 763 g/mol. The molecule has 4 fully saturated rings. The Hall–Kier alpha value is -6.12. The standard InChI is InChI=1S/C45H51N9O6/c1-22(2)39(51-44(57)59-5)42(55)53-35-15-27(35)17-37(53)32-14-29(19-46-32)34-20-47-31-13-26(11-12-30(31)49-34)24-7-9-25(10-8-24)33-21-48-41(50-33)38-18-28-16-36(28)54(38)43(56)40(23(3)4)52-45(58)60-6/h7-13,19-23,27-28,35-40H,14-18H2,1-6H3,(H,48,50)(H,51,57)(H,52,58)/t27-,28-,35-,36-,37+,38+,39+,40+/m1/s1. The summed E-state index contributed by atoms with van der Waals surface area (Å²) in [6.45, 7) is 7.68. The maximum atomic E-state index is 13.8. The fourth-order valence-electron chi connectivity index (χ4n) is 9.46. The SMILES string of the molecule is COC(=O)N[C@H](C(=O)N1[C@@H]2C[C@@H]2C[C@H]1C1=NC=C(c2cnc3cc(-c4ccc(-c5cnc([C@@H]6C[C@H]7C[C@H]7N6C(=O)[C@@H](NC(=O)OC)C(C)C)[nH]5)cc4)ccc3n2)C1)C(C)C. The van der Waals surface area contributed by atoms with Crippen molar-refractivity contribution in [3.63, 3.8) is 0 Å². The zero-order chi connectivity index (χ0) is 42.0. The molecule has 2 aromatic heterocycles. The molecule has 15 nitrogen and oxygen atoms in total. The van der Waals surface area contributed by atoms with Gasteiger partial charge in [0.1, 0.15) is 17.9 Å². The Labute approximate surface area is 348 Å². The van der Waals surface area contributed by atoms with Crippen LogP contribution in [-0.4, -0.2) is 104 Å². The molecule has 60 heavy (non-hydrogen) atoms. The molecule has 4 aromatic rings. The van der Waals surface area contributed by atoms with Gasteiger partial charge in [-0.15, -0.1) is 0 Å². The highest BCUT2D eigenvalue weighted by atomic mass is 16.5. The van der Waals surface area contributed by atoms with E-state index >= 15 is 0 Å². The maximum absolute atomic E-state index is 13.8. The number of carbonyl (C=O) groups excluding carboxylic acids is 4. The molecule has 2 aliphatic carbocycles. The number of nitrogens with zero attached hydrogens (tertiary/aromatic N) is 6. The van der Waals surface area contributed by atoms with Crippen LogP contribution in [0.4, 0.5) is 9.59 Å². The van der Waals surface area contributed by atoms with Gasteiger partial charge in [-0.1, -0.05) is 58.0 Å². The Morgan fingerprint density at radius 2 is 1.30 bits per heavy atom. The highest BCUT2D eigenvalue weighted by molar-refractivity contribution is 6.04. The van der Waals surface area contributed by atoms with Crippen LogP contribution in [0.5, 0.6) is 0 Å². The first kappa shape index (κ1) is 39.3. The summed E-state index contributed by atoms with van der Waals surface area (Å²) in [6, 6.07) is 13.0. The van der Waals surface area contributed by atoms with Crippen LogP contribution in [0.1, 0.15) is 77.4 Å². The van der Waals surface area contributed by atoms with Crippen molar-refractivity contribution >= 4 is 46.3 Å². The molecule has 4 amide bonds. The van der Waals surface area contributed by atoms with E-state index in [1.54, 1.807) is 6.20 Å². The lowest BCUT2D eigenvalue weighted by molar-refractivity contribution is -0.137. The number of imidazole rings is 1. The van der Waals surface area contributed by atoms with E-state index < -0.39 is 24.3 Å². The number of aromatic amines is 1. The molecular formula is C45H51N9O6. The van der Waals surface area contributed by atoms with Crippen molar-refractivity contribution < 1.29 is 28.7 Å². The van der Waals surface area contributed by atoms with Gasteiger partial charge in [0.2, 0.25) is 11.8 Å². The molecule has 5 aliphatic rings. The molecule has 8 atom stereocenters. The number of H-pyrrole nitrogens is 1. The van der Waals surface area contributed by atoms with Crippen molar-refractivity contribution in [2.24, 2.45) is 28.7 Å². The molecule has 0 unspecified atom stereocenters. The third kappa shape index (κ3) is 7.27. The summed E-state index contributed by atoms with van der Waals surface area (Å²) < 4.78 is 9.60. The summed E-state index contributed by atoms with van der Waals surface area (Å²) in [7, 11) is 2.60. The number of rotatable bonds is 11. The maximum Gasteiger partial charge on any atom is 0.407 e. The van der Waals surface area contributed by atoms with E-state index in [1.807, 2.05) is 68.1 Å². The second-order valence-corrected chi connectivity index (χ2v) is 17.5. The van der Waals surface area contributed by atoms with Crippen LogP contribution in [0.15, 0.2) is 66.1 Å². The zero-order valence-corrected chi connectivity index (χ0v) is 34.7. The topological polar surface area (TPSA) is 184 Å². The first-order valence-electron chi connectivity index (χ1n) is 20.9. The van der Waals surface area contributed by atoms with Crippen LogP contribution in [0, 0.1) is 23.7 Å². The third-order valence-electron chi connectivity index (χ3n) is 13.0. The minimum absolute atomic E-state index is 0.0853. The number of nitrogens with one attached hydrogen (secondary N) is 3. The molecule has 312 valence electrons. The molecule has 3 aliphatic heterocycles. The molecule has 5 heterocycles. The zero-order valence-electron chi connectivity index (χ0n) is 34.7. The summed E-state index contributed by atoms with van der Waals surface area (Å²) in [5.41, 5.74) is 8.09. The average Bonchev–Trinajstić information content (AvgIpc) is 3.83. The predicted molar refractivity (Wildman–Crippen MR) is 224 cm³/mol. The number of aromatic nitrogens is 4. The molecule has 0 spiro atoms. The Morgan fingerprint density at radius 3 is 1.92 bits per heavy atom. The van der Waals surface area contributed by atoms with E-state index in [4.69, 9.17) is 29.4 Å². The minimum Gasteiger partial charge on any atom is -0.453 e. The number of piperidine rings is 2. The lowest BCUT2D eigenvalue weighted by Gasteiger charge is -2.33. The van der Waals surface area contributed by atoms with Gasteiger partial charge >= 0.3 is 12.2 Å². The highest BCUT2D eigenvalue weighted by Crippen LogP contribution is 2.53. The lowest BCUT2D eigenvalue weighted by Crippen LogP contribution is -2.54. The van der Waals surface area contributed by atoms with Crippen LogP contribution in [-0.2, 0) is 19.1 Å². The fraction of sp³-hybridized carbons (Fsp3) is 0.467. The van der Waals surface area contributed by atoms with E-state index in [9.17, 15) is 19.2 Å². The van der Waals surface area contributed by atoms with Crippen molar-refractivity contribution in [3.8, 4) is 22.4 Å². The monoisotopic (exact) mass is 813 g/mol. The quantitative estimate of drug-likeness (QED) is 0.157. The molecule has 15 heteroatoms. The van der Waals surface area contributed by atoms with Gasteiger partial charge in [0.05, 0.1) is 61.1 Å². The number of hydrogen-bond donors (Lipinski definition) is 3. The molecule has 2 saturated heterocycles. The highest BCUT2D eigenvalue weighted by Gasteiger charge is 2.57. The van der Waals surface area contributed by atoms with Crippen molar-refractivity contribution in [2.75, 3.05) is 14.2 Å². The van der Waals surface area contributed by atoms with Crippen LogP contribution < -0.4 is 10.6 Å². The first-order chi connectivity index (χ1) is 28.9. The fourth-order valence-corrected chi connectivity index (χ4v) is 9.46. The average molecular weight is 814 g/mol. The molecule has 0 radical (unpaired) electrons. The second kappa shape index (κ2) is 15.5. The summed E-state index contributed by atoms with van der Waals surface area (Å²) in [4.78, 5) is 78.4. The Balaban J connectivity index is 0.854. The second-order valence-electron chi connectivity index (χ2n) is 17.5. The van der Waals surface area contributed by atoms with E-state index in [0.29, 0.717) is 18.3 Å². The summed E-state index contributed by atoms with van der Waals surface area (Å²) in [5.74, 6) is 1.26. The van der Waals surface area contributed by atoms with Crippen LogP contribution in [0.25, 0.3) is 39.0 Å². The van der Waals surface area contributed by atoms with Gasteiger partial charge in [0.15, 0.2) is 0 Å². The summed E-state index contributed by atoms with van der Waals surface area (Å²) >= 11 is 0. The Bertz CT molecular complexity index is 2420. The first-order valence-corrected chi connectivity index (χ1v) is 20.9. The lowest BCUT2D eigenvalue weighted by atomic mass is 9.98. The normalized spacial score (nSPS) is 24.7. The number of benzene rings is 2. The van der Waals surface area contributed by atoms with E-state index in [2.05, 4.69) is 39.9 Å². The molecule has 0 bridgehead atoms. The number of methoxy groups -OCH3 is 2. The van der Waals surface area contributed by atoms with Gasteiger partial charge in [-0.2, -0.15) is 0 Å². The third-order valence-corrected chi connectivity index (χ3v) is 13.0. The van der Waals surface area contributed by atoms with Gasteiger partial charge in [0, 0.05) is 36.0 Å². The van der Waals surface area contributed by atoms with Gasteiger partial charge in [-0.05, 0) is 78.2 Å². The minimum atomic E-state index is -0.682. The van der Waals surface area contributed by atoms with Crippen molar-refractivity contribution in [2.45, 2.75) is 96.1 Å². The predicted octanol–water partition coefficient (Wildman–Crippen LogP) is 6.29. The number of amides is 4. The number of alkyl carbamates (subject to hydrolysis) is 2. The summed E-state index contributed by atoms with van der Waals surface area (Å²) in [6.07, 6.45) is 8.48. The largest absolute Gasteiger partial charge is 0.453 e. The van der Waals surface area contributed by atoms with E-state index in [-0.39, 0.29) is 47.8 Å². The number of hydrogen-bond acceptors (Lipinski definition) is 10. The summed E-state index contributed by atoms with van der Waals surface area (Å²) in [5, 5.41) is 5.48. The Kier molecular flexibility index (Phi) is 10.2. The van der Waals surface area contributed by atoms with Crippen LogP contribution in [0.3, 0.4) is 0 Å². The van der Waals surface area contributed by atoms with Crippen LogP contribution in [0.2, 0.25) is 0 Å². The van der Waals surface area contributed by atoms with Gasteiger partial charge in [-0.25, -0.2) is 19.6 Å². The number of likely N-dealkylation sites (tertiary alicyclic amines) is 2. The van der Waals surface area contributed by atoms with Gasteiger partial charge in [0.25, 0.3) is 0 Å². The smallest absolute Gasteiger partial charge is 0.407 e. The van der Waals surface area contributed by atoms with Gasteiger partial charge in [-0.3, -0.25) is 19.6 Å². The van der Waals surface area contributed by atoms with Crippen LogP contribution >= 0.6 is 0 Å². The number of fused-ring (bicyclic) bond motifs is 3. The van der Waals surface area contributed by atoms with Gasteiger partial charge < -0.3 is 34.9 Å². The number of ether oxygens (including phenoxy) is 2. The molecule has 9 rings (SSSR count). The van der Waals surface area contributed by atoms with E-state index in [0.717, 1.165) is 81.9 Å². The van der Waals surface area contributed by atoms with Crippen molar-refractivity contribution in [1.29, 1.82) is 0 Å². The molecule has 2 saturated carbocycles. The number of aliphatic imine (C=N–C) groups is 1. The molecule has 3 N–H and O–H groups in total. The Morgan fingerprint density at radius 1 is 0.717 bits per heavy atom. The van der Waals surface area contributed by atoms with Crippen molar-refractivity contribution in [3.05, 3.63) is 72.6 Å². The van der Waals surface area contributed by atoms with E-state index in [1.165, 1.54) is 14.2 Å². The number of allylic oxidation sites excluding steroid dienone is 1. The number of carbonyl (C=O) groups is 4. The van der Waals surface area contributed by atoms with Crippen molar-refractivity contribution in [1.82, 2.24) is 40.4 Å².